The lowest BCUT2D eigenvalue weighted by molar-refractivity contribution is -0.135. The van der Waals surface area contributed by atoms with Crippen LogP contribution in [0.15, 0.2) is 18.3 Å². The maximum absolute atomic E-state index is 12.8. The van der Waals surface area contributed by atoms with E-state index in [0.717, 1.165) is 44.8 Å². The maximum atomic E-state index is 12.8. The highest BCUT2D eigenvalue weighted by Crippen LogP contribution is 2.35. The average molecular weight is 418 g/mol. The van der Waals surface area contributed by atoms with Gasteiger partial charge in [-0.25, -0.2) is 4.98 Å². The number of piperidine rings is 1. The van der Waals surface area contributed by atoms with Crippen molar-refractivity contribution in [3.8, 4) is 0 Å². The summed E-state index contributed by atoms with van der Waals surface area (Å²) in [6.45, 7) is 5.19. The van der Waals surface area contributed by atoms with Crippen molar-refractivity contribution in [1.29, 1.82) is 0 Å². The van der Waals surface area contributed by atoms with Crippen molar-refractivity contribution in [3.63, 3.8) is 0 Å². The molecule has 0 radical (unpaired) electrons. The van der Waals surface area contributed by atoms with Gasteiger partial charge in [-0.1, -0.05) is 6.42 Å². The summed E-state index contributed by atoms with van der Waals surface area (Å²) >= 11 is 0. The average Bonchev–Trinajstić information content (AvgIpc) is 2.84. The molecule has 1 aromatic rings. The van der Waals surface area contributed by atoms with E-state index in [2.05, 4.69) is 9.88 Å². The summed E-state index contributed by atoms with van der Waals surface area (Å²) in [5.41, 5.74) is 0.355. The monoisotopic (exact) mass is 417 g/mol. The lowest BCUT2D eigenvalue weighted by atomic mass is 9.84. The fourth-order valence-electron chi connectivity index (χ4n) is 4.39. The van der Waals surface area contributed by atoms with Crippen molar-refractivity contribution in [3.05, 3.63) is 23.9 Å². The number of anilines is 1. The molecule has 2 saturated heterocycles. The van der Waals surface area contributed by atoms with Gasteiger partial charge in [0.2, 0.25) is 5.91 Å². The van der Waals surface area contributed by atoms with E-state index in [9.17, 15) is 9.59 Å². The molecule has 0 unspecified atom stereocenters. The zero-order valence-corrected chi connectivity index (χ0v) is 17.6. The number of amides is 1. The van der Waals surface area contributed by atoms with Crippen LogP contribution in [0.25, 0.3) is 0 Å². The molecule has 0 bridgehead atoms. The van der Waals surface area contributed by atoms with Gasteiger partial charge in [0.1, 0.15) is 5.82 Å². The van der Waals surface area contributed by atoms with E-state index in [1.807, 2.05) is 11.0 Å². The van der Waals surface area contributed by atoms with Crippen molar-refractivity contribution in [2.75, 3.05) is 37.7 Å². The molecule has 0 aromatic carbocycles. The quantitative estimate of drug-likeness (QED) is 0.593. The Labute approximate surface area is 177 Å². The van der Waals surface area contributed by atoms with Gasteiger partial charge in [-0.15, -0.1) is 0 Å². The second-order valence-corrected chi connectivity index (χ2v) is 8.40. The first-order valence-electron chi connectivity index (χ1n) is 10.7. The largest absolute Gasteiger partial charge is 0.483 e. The summed E-state index contributed by atoms with van der Waals surface area (Å²) < 4.78 is 6.25. The number of carbonyl (C=O) groups excluding carboxylic acids is 2. The van der Waals surface area contributed by atoms with Gasteiger partial charge in [0, 0.05) is 37.9 Å². The molecule has 4 rings (SSSR count). The highest BCUT2D eigenvalue weighted by molar-refractivity contribution is 5.94. The Balaban J connectivity index is 0.000000806. The van der Waals surface area contributed by atoms with E-state index < -0.39 is 0 Å². The highest BCUT2D eigenvalue weighted by Gasteiger charge is 2.41. The number of aromatic nitrogens is 1. The Bertz CT molecular complexity index is 757. The summed E-state index contributed by atoms with van der Waals surface area (Å²) in [5, 5.41) is 6.89. The molecule has 1 N–H and O–H groups in total. The molecule has 1 aliphatic carbocycles. The third-order valence-corrected chi connectivity index (χ3v) is 6.45. The van der Waals surface area contributed by atoms with Crippen LogP contribution in [0.3, 0.4) is 0 Å². The Morgan fingerprint density at radius 2 is 2.03 bits per heavy atom. The minimum atomic E-state index is -0.333. The molecule has 1 saturated carbocycles. The molecular formula is C22H31N3O5. The third kappa shape index (κ3) is 5.36. The molecule has 3 aliphatic rings. The lowest BCUT2D eigenvalue weighted by Crippen LogP contribution is -2.47. The second kappa shape index (κ2) is 10.0. The molecule has 164 valence electrons. The Morgan fingerprint density at radius 3 is 2.63 bits per heavy atom. The first kappa shape index (κ1) is 22.2. The summed E-state index contributed by atoms with van der Waals surface area (Å²) in [6.07, 6.45) is 7.66. The molecule has 30 heavy (non-hydrogen) atoms. The van der Waals surface area contributed by atoms with Crippen LogP contribution in [-0.2, 0) is 14.3 Å². The first-order valence-corrected chi connectivity index (χ1v) is 10.7. The lowest BCUT2D eigenvalue weighted by Gasteiger charge is -2.41. The van der Waals surface area contributed by atoms with Crippen LogP contribution in [0.5, 0.6) is 0 Å². The van der Waals surface area contributed by atoms with Gasteiger partial charge in [-0.05, 0) is 50.7 Å². The zero-order valence-electron chi connectivity index (χ0n) is 17.6. The van der Waals surface area contributed by atoms with Gasteiger partial charge >= 0.3 is 0 Å². The number of hydrogen-bond donors (Lipinski definition) is 1. The van der Waals surface area contributed by atoms with Crippen LogP contribution in [0.2, 0.25) is 0 Å². The fraction of sp³-hybridized carbons (Fsp3) is 0.636. The molecule has 0 atom stereocenters. The van der Waals surface area contributed by atoms with E-state index in [0.29, 0.717) is 24.5 Å². The van der Waals surface area contributed by atoms with E-state index in [4.69, 9.17) is 14.6 Å². The van der Waals surface area contributed by atoms with Crippen LogP contribution >= 0.6 is 0 Å². The summed E-state index contributed by atoms with van der Waals surface area (Å²) in [5.74, 6) is 1.84. The topological polar surface area (TPSA) is 100 Å². The van der Waals surface area contributed by atoms with Crippen LogP contribution in [0.4, 0.5) is 5.82 Å². The Morgan fingerprint density at radius 1 is 1.33 bits per heavy atom. The van der Waals surface area contributed by atoms with Gasteiger partial charge in [0.15, 0.2) is 5.78 Å². The molecule has 1 spiro atoms. The predicted octanol–water partition coefficient (Wildman–Crippen LogP) is 2.37. The van der Waals surface area contributed by atoms with E-state index >= 15 is 0 Å². The third-order valence-electron chi connectivity index (χ3n) is 6.45. The Hall–Kier alpha value is -2.48. The van der Waals surface area contributed by atoms with Crippen LogP contribution in [0, 0.1) is 5.92 Å². The SMILES string of the molecule is CC(=O)c1ccnc(N2CCC3(CC2)CC(=O)N(CC2CCC2)CCO3)c1.O=CO. The van der Waals surface area contributed by atoms with Gasteiger partial charge in [-0.3, -0.25) is 14.4 Å². The van der Waals surface area contributed by atoms with Crippen molar-refractivity contribution in [2.45, 2.75) is 51.0 Å². The number of carboxylic acid groups (broad SMARTS) is 1. The van der Waals surface area contributed by atoms with Crippen molar-refractivity contribution < 1.29 is 24.2 Å². The molecule has 8 nitrogen and oxygen atoms in total. The fourth-order valence-corrected chi connectivity index (χ4v) is 4.39. The van der Waals surface area contributed by atoms with Crippen LogP contribution in [-0.4, -0.2) is 71.5 Å². The minimum absolute atomic E-state index is 0.0522. The van der Waals surface area contributed by atoms with E-state index in [-0.39, 0.29) is 23.8 Å². The van der Waals surface area contributed by atoms with Gasteiger partial charge in [0.05, 0.1) is 18.6 Å². The number of carbonyl (C=O) groups is 3. The number of rotatable bonds is 4. The molecule has 1 aromatic heterocycles. The van der Waals surface area contributed by atoms with Crippen LogP contribution in [0.1, 0.15) is 55.8 Å². The van der Waals surface area contributed by atoms with E-state index in [1.165, 1.54) is 19.3 Å². The van der Waals surface area contributed by atoms with Crippen molar-refractivity contribution in [2.24, 2.45) is 5.92 Å². The summed E-state index contributed by atoms with van der Waals surface area (Å²) in [4.78, 5) is 41.5. The number of hydrogen-bond acceptors (Lipinski definition) is 6. The second-order valence-electron chi connectivity index (χ2n) is 8.40. The van der Waals surface area contributed by atoms with Gasteiger partial charge in [-0.2, -0.15) is 0 Å². The Kier molecular flexibility index (Phi) is 7.42. The zero-order chi connectivity index (χ0) is 21.6. The molecule has 3 fully saturated rings. The van der Waals surface area contributed by atoms with Crippen LogP contribution < -0.4 is 4.90 Å². The minimum Gasteiger partial charge on any atom is -0.483 e. The van der Waals surface area contributed by atoms with Crippen molar-refractivity contribution >= 4 is 24.0 Å². The first-order chi connectivity index (χ1) is 14.5. The van der Waals surface area contributed by atoms with E-state index in [1.54, 1.807) is 19.2 Å². The number of pyridine rings is 1. The highest BCUT2D eigenvalue weighted by atomic mass is 16.5. The summed E-state index contributed by atoms with van der Waals surface area (Å²) in [7, 11) is 0. The maximum Gasteiger partial charge on any atom is 0.290 e. The standard InChI is InChI=1S/C21H29N3O3.CH2O2/c1-16(25)18-5-8-22-19(13-18)23-9-6-21(7-10-23)14-20(26)24(11-12-27-21)15-17-3-2-4-17;2-1-3/h5,8,13,17H,2-4,6-7,9-12,14-15H2,1H3;1H,(H,2,3). The number of ether oxygens (including phenoxy) is 1. The molecule has 3 heterocycles. The number of Topliss-reactive ketones (excluding diaryl/α,β-unsaturated/α-hetero) is 1. The smallest absolute Gasteiger partial charge is 0.290 e. The normalized spacial score (nSPS) is 21.3. The summed E-state index contributed by atoms with van der Waals surface area (Å²) in [6, 6.07) is 3.61. The van der Waals surface area contributed by atoms with Crippen molar-refractivity contribution in [1.82, 2.24) is 9.88 Å². The molecular weight excluding hydrogens is 386 g/mol. The molecule has 1 amide bonds. The van der Waals surface area contributed by atoms with Gasteiger partial charge in [0.25, 0.3) is 6.47 Å². The molecule has 2 aliphatic heterocycles. The van der Waals surface area contributed by atoms with Gasteiger partial charge < -0.3 is 19.6 Å². The predicted molar refractivity (Wildman–Crippen MR) is 112 cm³/mol. The number of nitrogens with zero attached hydrogens (tertiary/aromatic N) is 3. The number of ketones is 1. The molecule has 8 heteroatoms.